The van der Waals surface area contributed by atoms with Gasteiger partial charge in [0.15, 0.2) is 0 Å². The Balaban J connectivity index is 1.77. The number of nitrogens with zero attached hydrogens (tertiary/aromatic N) is 1. The van der Waals surface area contributed by atoms with Crippen molar-refractivity contribution in [3.63, 3.8) is 0 Å². The van der Waals surface area contributed by atoms with Gasteiger partial charge in [-0.15, -0.1) is 0 Å². The van der Waals surface area contributed by atoms with Crippen LogP contribution in [0, 0.1) is 17.8 Å². The molecule has 0 aromatic rings. The second-order valence-corrected chi connectivity index (χ2v) is 6.54. The van der Waals surface area contributed by atoms with Gasteiger partial charge in [-0.05, 0) is 63.5 Å². The Bertz CT molecular complexity index is 366. The molecule has 3 atom stereocenters. The van der Waals surface area contributed by atoms with E-state index in [0.717, 1.165) is 17.8 Å². The number of hydrogen-bond donors (Lipinski definition) is 0. The third-order valence-corrected chi connectivity index (χ3v) is 5.49. The largest absolute Gasteiger partial charge is 0.306 e. The van der Waals surface area contributed by atoms with E-state index in [0.29, 0.717) is 0 Å². The second-order valence-electron chi connectivity index (χ2n) is 6.54. The maximum Gasteiger partial charge on any atom is 0.00123 e. The van der Waals surface area contributed by atoms with Crippen LogP contribution in [0.15, 0.2) is 23.3 Å². The van der Waals surface area contributed by atoms with E-state index < -0.39 is 0 Å². The zero-order valence-electron chi connectivity index (χ0n) is 12.0. The van der Waals surface area contributed by atoms with E-state index in [1.54, 1.807) is 0 Å². The molecule has 100 valence electrons. The second kappa shape index (κ2) is 5.21. The Morgan fingerprint density at radius 3 is 2.89 bits per heavy atom. The molecule has 0 N–H and O–H groups in total. The summed E-state index contributed by atoms with van der Waals surface area (Å²) in [5.74, 6) is 2.87. The van der Waals surface area contributed by atoms with Crippen molar-refractivity contribution in [2.24, 2.45) is 17.8 Å². The van der Waals surface area contributed by atoms with E-state index in [1.165, 1.54) is 51.6 Å². The number of fused-ring (bicyclic) bond motifs is 2. The first-order valence-electron chi connectivity index (χ1n) is 7.84. The Morgan fingerprint density at radius 1 is 1.22 bits per heavy atom. The third-order valence-electron chi connectivity index (χ3n) is 5.49. The predicted octanol–water partition coefficient (Wildman–Crippen LogP) is 4.02. The van der Waals surface area contributed by atoms with Crippen molar-refractivity contribution >= 4 is 0 Å². The van der Waals surface area contributed by atoms with Crippen molar-refractivity contribution in [2.75, 3.05) is 20.1 Å². The average molecular weight is 245 g/mol. The molecule has 0 bridgehead atoms. The van der Waals surface area contributed by atoms with E-state index in [4.69, 9.17) is 0 Å². The maximum atomic E-state index is 2.52. The van der Waals surface area contributed by atoms with Crippen molar-refractivity contribution in [3.05, 3.63) is 23.3 Å². The first-order chi connectivity index (χ1) is 8.79. The zero-order valence-corrected chi connectivity index (χ0v) is 12.0. The van der Waals surface area contributed by atoms with Gasteiger partial charge in [0.1, 0.15) is 0 Å². The number of rotatable bonds is 3. The molecule has 1 fully saturated rings. The van der Waals surface area contributed by atoms with Gasteiger partial charge in [-0.3, -0.25) is 0 Å². The smallest absolute Gasteiger partial charge is 0.00123 e. The molecule has 3 aliphatic rings. The molecule has 0 aromatic heterocycles. The van der Waals surface area contributed by atoms with Crippen LogP contribution < -0.4 is 0 Å². The van der Waals surface area contributed by atoms with Gasteiger partial charge in [0.2, 0.25) is 0 Å². The zero-order chi connectivity index (χ0) is 12.5. The SMILES string of the molecule is CCN(C)CC1CCCC2CC3=C(CC=CC3)C21. The van der Waals surface area contributed by atoms with Gasteiger partial charge in [-0.1, -0.05) is 36.6 Å². The van der Waals surface area contributed by atoms with Crippen molar-refractivity contribution in [1.29, 1.82) is 0 Å². The molecular formula is C17H27N. The Kier molecular flexibility index (Phi) is 3.61. The topological polar surface area (TPSA) is 3.24 Å². The van der Waals surface area contributed by atoms with Gasteiger partial charge in [0.25, 0.3) is 0 Å². The monoisotopic (exact) mass is 245 g/mol. The van der Waals surface area contributed by atoms with Crippen LogP contribution in [0.1, 0.15) is 45.4 Å². The summed E-state index contributed by atoms with van der Waals surface area (Å²) in [6.07, 6.45) is 13.2. The van der Waals surface area contributed by atoms with Crippen molar-refractivity contribution in [2.45, 2.75) is 45.4 Å². The lowest BCUT2D eigenvalue weighted by Gasteiger charge is -2.38. The molecule has 0 amide bonds. The Labute approximate surface area is 112 Å². The first-order valence-corrected chi connectivity index (χ1v) is 7.84. The third kappa shape index (κ3) is 2.18. The van der Waals surface area contributed by atoms with E-state index >= 15 is 0 Å². The van der Waals surface area contributed by atoms with Gasteiger partial charge < -0.3 is 4.90 Å². The number of hydrogen-bond acceptors (Lipinski definition) is 1. The standard InChI is InChI=1S/C17H27N/c1-3-18(2)12-15-9-6-8-14-11-13-7-4-5-10-16(13)17(14)15/h4-5,14-15,17H,3,6-12H2,1-2H3. The predicted molar refractivity (Wildman–Crippen MR) is 77.5 cm³/mol. The van der Waals surface area contributed by atoms with E-state index in [-0.39, 0.29) is 0 Å². The highest BCUT2D eigenvalue weighted by Gasteiger charge is 2.41. The fourth-order valence-electron chi connectivity index (χ4n) is 4.53. The summed E-state index contributed by atoms with van der Waals surface area (Å²) in [5, 5.41) is 0. The molecule has 1 heteroatoms. The van der Waals surface area contributed by atoms with Crippen LogP contribution in [-0.4, -0.2) is 25.0 Å². The summed E-state index contributed by atoms with van der Waals surface area (Å²) in [6, 6.07) is 0. The molecule has 0 heterocycles. The summed E-state index contributed by atoms with van der Waals surface area (Å²) >= 11 is 0. The lowest BCUT2D eigenvalue weighted by Crippen LogP contribution is -2.35. The van der Waals surface area contributed by atoms with Crippen molar-refractivity contribution in [3.8, 4) is 0 Å². The molecule has 3 unspecified atom stereocenters. The number of allylic oxidation sites excluding steroid dienone is 4. The lowest BCUT2D eigenvalue weighted by atomic mass is 9.70. The molecule has 0 radical (unpaired) electrons. The molecule has 1 saturated carbocycles. The summed E-state index contributed by atoms with van der Waals surface area (Å²) in [4.78, 5) is 2.52. The minimum atomic E-state index is 0.938. The van der Waals surface area contributed by atoms with Crippen molar-refractivity contribution < 1.29 is 0 Å². The van der Waals surface area contributed by atoms with E-state index in [9.17, 15) is 0 Å². The molecule has 0 aromatic carbocycles. The van der Waals surface area contributed by atoms with E-state index in [2.05, 4.69) is 31.0 Å². The molecule has 18 heavy (non-hydrogen) atoms. The highest BCUT2D eigenvalue weighted by atomic mass is 15.1. The van der Waals surface area contributed by atoms with Crippen LogP contribution in [0.2, 0.25) is 0 Å². The molecule has 0 aliphatic heterocycles. The molecule has 3 aliphatic carbocycles. The lowest BCUT2D eigenvalue weighted by molar-refractivity contribution is 0.152. The van der Waals surface area contributed by atoms with Crippen LogP contribution in [-0.2, 0) is 0 Å². The van der Waals surface area contributed by atoms with Crippen molar-refractivity contribution in [1.82, 2.24) is 4.90 Å². The molecular weight excluding hydrogens is 218 g/mol. The minimum absolute atomic E-state index is 0.938. The van der Waals surface area contributed by atoms with Gasteiger partial charge in [0.05, 0.1) is 0 Å². The Hall–Kier alpha value is -0.560. The van der Waals surface area contributed by atoms with Gasteiger partial charge in [-0.25, -0.2) is 0 Å². The van der Waals surface area contributed by atoms with Crippen LogP contribution in [0.3, 0.4) is 0 Å². The van der Waals surface area contributed by atoms with Crippen LogP contribution >= 0.6 is 0 Å². The summed E-state index contributed by atoms with van der Waals surface area (Å²) < 4.78 is 0. The minimum Gasteiger partial charge on any atom is -0.306 e. The van der Waals surface area contributed by atoms with Gasteiger partial charge in [-0.2, -0.15) is 0 Å². The molecule has 0 spiro atoms. The fraction of sp³-hybridized carbons (Fsp3) is 0.765. The summed E-state index contributed by atoms with van der Waals surface area (Å²) in [6.45, 7) is 4.79. The highest BCUT2D eigenvalue weighted by molar-refractivity contribution is 5.33. The molecule has 3 rings (SSSR count). The van der Waals surface area contributed by atoms with E-state index in [1.807, 2.05) is 11.1 Å². The van der Waals surface area contributed by atoms with Crippen LogP contribution in [0.4, 0.5) is 0 Å². The quantitative estimate of drug-likeness (QED) is 0.679. The maximum absolute atomic E-state index is 2.52. The van der Waals surface area contributed by atoms with Gasteiger partial charge >= 0.3 is 0 Å². The highest BCUT2D eigenvalue weighted by Crippen LogP contribution is 2.51. The van der Waals surface area contributed by atoms with Gasteiger partial charge in [0, 0.05) is 6.54 Å². The first kappa shape index (κ1) is 12.5. The average Bonchev–Trinajstić information content (AvgIpc) is 2.78. The normalized spacial score (nSPS) is 34.9. The summed E-state index contributed by atoms with van der Waals surface area (Å²) in [7, 11) is 2.29. The fourth-order valence-corrected chi connectivity index (χ4v) is 4.53. The molecule has 0 saturated heterocycles. The summed E-state index contributed by atoms with van der Waals surface area (Å²) in [5.41, 5.74) is 3.68. The van der Waals surface area contributed by atoms with Crippen LogP contribution in [0.25, 0.3) is 0 Å². The molecule has 1 nitrogen and oxygen atoms in total. The Morgan fingerprint density at radius 2 is 2.06 bits per heavy atom. The van der Waals surface area contributed by atoms with Crippen LogP contribution in [0.5, 0.6) is 0 Å².